The third-order valence-electron chi connectivity index (χ3n) is 4.50. The molecule has 0 spiro atoms. The first-order valence-corrected chi connectivity index (χ1v) is 9.96. The fraction of sp³-hybridized carbons (Fsp3) is 0.667. The molecule has 0 aromatic heterocycles. The van der Waals surface area contributed by atoms with Crippen molar-refractivity contribution in [2.75, 3.05) is 26.2 Å². The van der Waals surface area contributed by atoms with Crippen LogP contribution in [0.1, 0.15) is 51.7 Å². The number of likely N-dealkylation sites (tertiary alicyclic amines) is 1. The molecule has 1 aliphatic heterocycles. The Labute approximate surface area is 158 Å². The lowest BCUT2D eigenvalue weighted by atomic mass is 10.1. The lowest BCUT2D eigenvalue weighted by Crippen LogP contribution is -2.47. The molecule has 1 aromatic rings. The molecule has 5 nitrogen and oxygen atoms in total. The van der Waals surface area contributed by atoms with Gasteiger partial charge in [0.15, 0.2) is 5.96 Å². The molecule has 0 saturated carbocycles. The monoisotopic (exact) mass is 361 g/mol. The highest BCUT2D eigenvalue weighted by Gasteiger charge is 2.21. The van der Waals surface area contributed by atoms with E-state index in [0.717, 1.165) is 45.0 Å². The van der Waals surface area contributed by atoms with Gasteiger partial charge in [0.1, 0.15) is 0 Å². The minimum absolute atomic E-state index is 0.258. The van der Waals surface area contributed by atoms with Crippen molar-refractivity contribution in [3.8, 4) is 0 Å². The third-order valence-corrected chi connectivity index (χ3v) is 4.50. The van der Waals surface area contributed by atoms with Crippen molar-refractivity contribution >= 4 is 5.96 Å². The average molecular weight is 362 g/mol. The van der Waals surface area contributed by atoms with Gasteiger partial charge < -0.3 is 19.7 Å². The Morgan fingerprint density at radius 2 is 1.81 bits per heavy atom. The van der Waals surface area contributed by atoms with E-state index in [2.05, 4.69) is 62.2 Å². The molecule has 2 rings (SSSR count). The van der Waals surface area contributed by atoms with E-state index >= 15 is 0 Å². The minimum Gasteiger partial charge on any atom is -0.378 e. The molecular formula is C21H35N3O2. The number of hydrogen-bond donors (Lipinski definition) is 1. The molecule has 1 saturated heterocycles. The Hall–Kier alpha value is -1.59. The van der Waals surface area contributed by atoms with Crippen LogP contribution in [0.3, 0.4) is 0 Å². The SMILES string of the molecule is CCNC(=NCc1ccc(COC(C)C)cc1)N1CCC(OCC)CC1. The average Bonchev–Trinajstić information content (AvgIpc) is 2.65. The number of rotatable bonds is 8. The van der Waals surface area contributed by atoms with E-state index in [1.54, 1.807) is 0 Å². The highest BCUT2D eigenvalue weighted by atomic mass is 16.5. The summed E-state index contributed by atoms with van der Waals surface area (Å²) in [6.45, 7) is 13.4. The first kappa shape index (κ1) is 20.7. The predicted octanol–water partition coefficient (Wildman–Crippen LogP) is 3.58. The van der Waals surface area contributed by atoms with E-state index < -0.39 is 0 Å². The summed E-state index contributed by atoms with van der Waals surface area (Å²) in [6.07, 6.45) is 2.81. The standard InChI is InChI=1S/C21H35N3O2/c1-5-22-21(24-13-11-20(12-14-24)25-6-2)23-15-18-7-9-19(10-8-18)16-26-17(3)4/h7-10,17,20H,5-6,11-16H2,1-4H3,(H,22,23). The number of hydrogen-bond acceptors (Lipinski definition) is 3. The summed E-state index contributed by atoms with van der Waals surface area (Å²) in [5.41, 5.74) is 2.43. The van der Waals surface area contributed by atoms with E-state index in [9.17, 15) is 0 Å². The van der Waals surface area contributed by atoms with Crippen molar-refractivity contribution < 1.29 is 9.47 Å². The molecule has 1 N–H and O–H groups in total. The van der Waals surface area contributed by atoms with Crippen molar-refractivity contribution in [3.05, 3.63) is 35.4 Å². The molecule has 0 unspecified atom stereocenters. The van der Waals surface area contributed by atoms with Gasteiger partial charge in [-0.25, -0.2) is 4.99 Å². The molecule has 5 heteroatoms. The van der Waals surface area contributed by atoms with Crippen LogP contribution in [-0.2, 0) is 22.6 Å². The van der Waals surface area contributed by atoms with Gasteiger partial charge in [-0.15, -0.1) is 0 Å². The van der Waals surface area contributed by atoms with Gasteiger partial charge in [0.2, 0.25) is 0 Å². The van der Waals surface area contributed by atoms with Crippen LogP contribution in [0.4, 0.5) is 0 Å². The number of benzene rings is 1. The van der Waals surface area contributed by atoms with Crippen LogP contribution < -0.4 is 5.32 Å². The molecule has 0 amide bonds. The van der Waals surface area contributed by atoms with Crippen LogP contribution in [0.5, 0.6) is 0 Å². The number of aliphatic imine (C=N–C) groups is 1. The number of ether oxygens (including phenoxy) is 2. The molecule has 0 radical (unpaired) electrons. The van der Waals surface area contributed by atoms with Crippen LogP contribution in [-0.4, -0.2) is 49.3 Å². The lowest BCUT2D eigenvalue weighted by Gasteiger charge is -2.34. The largest absolute Gasteiger partial charge is 0.378 e. The maximum Gasteiger partial charge on any atom is 0.194 e. The van der Waals surface area contributed by atoms with Gasteiger partial charge in [-0.05, 0) is 51.7 Å². The molecule has 0 bridgehead atoms. The van der Waals surface area contributed by atoms with Crippen LogP contribution >= 0.6 is 0 Å². The van der Waals surface area contributed by atoms with Gasteiger partial charge in [-0.3, -0.25) is 0 Å². The molecule has 1 fully saturated rings. The topological polar surface area (TPSA) is 46.1 Å². The Bertz CT molecular complexity index is 535. The fourth-order valence-electron chi connectivity index (χ4n) is 3.07. The Morgan fingerprint density at radius 1 is 1.15 bits per heavy atom. The highest BCUT2D eigenvalue weighted by molar-refractivity contribution is 5.80. The van der Waals surface area contributed by atoms with Gasteiger partial charge >= 0.3 is 0 Å². The fourth-order valence-corrected chi connectivity index (χ4v) is 3.07. The Kier molecular flexibility index (Phi) is 8.92. The smallest absolute Gasteiger partial charge is 0.194 e. The van der Waals surface area contributed by atoms with E-state index in [1.165, 1.54) is 11.1 Å². The first-order chi connectivity index (χ1) is 12.6. The predicted molar refractivity (Wildman–Crippen MR) is 107 cm³/mol. The van der Waals surface area contributed by atoms with Gasteiger partial charge in [-0.1, -0.05) is 24.3 Å². The second-order valence-electron chi connectivity index (χ2n) is 6.99. The maximum absolute atomic E-state index is 5.75. The third kappa shape index (κ3) is 6.96. The highest BCUT2D eigenvalue weighted by Crippen LogP contribution is 2.14. The minimum atomic E-state index is 0.258. The second-order valence-corrected chi connectivity index (χ2v) is 6.99. The van der Waals surface area contributed by atoms with Crippen LogP contribution in [0.15, 0.2) is 29.3 Å². The number of nitrogens with one attached hydrogen (secondary N) is 1. The molecule has 1 aromatic carbocycles. The number of piperidine rings is 1. The zero-order valence-corrected chi connectivity index (χ0v) is 16.8. The molecule has 0 aliphatic carbocycles. The summed E-state index contributed by atoms with van der Waals surface area (Å²) in [4.78, 5) is 7.19. The van der Waals surface area contributed by atoms with Crippen molar-refractivity contribution in [2.45, 2.75) is 65.9 Å². The van der Waals surface area contributed by atoms with E-state index in [1.807, 2.05) is 0 Å². The number of nitrogens with zero attached hydrogens (tertiary/aromatic N) is 2. The quantitative estimate of drug-likeness (QED) is 0.568. The molecule has 1 heterocycles. The summed E-state index contributed by atoms with van der Waals surface area (Å²) >= 11 is 0. The van der Waals surface area contributed by atoms with Crippen LogP contribution in [0.2, 0.25) is 0 Å². The van der Waals surface area contributed by atoms with E-state index in [4.69, 9.17) is 14.5 Å². The summed E-state index contributed by atoms with van der Waals surface area (Å²) in [6, 6.07) is 8.56. The molecule has 146 valence electrons. The van der Waals surface area contributed by atoms with Crippen LogP contribution in [0.25, 0.3) is 0 Å². The maximum atomic E-state index is 5.75. The second kappa shape index (κ2) is 11.2. The van der Waals surface area contributed by atoms with Crippen molar-refractivity contribution in [1.29, 1.82) is 0 Å². The van der Waals surface area contributed by atoms with Crippen molar-refractivity contribution in [2.24, 2.45) is 4.99 Å². The number of guanidine groups is 1. The normalized spacial score (nSPS) is 16.3. The van der Waals surface area contributed by atoms with Crippen LogP contribution in [0, 0.1) is 0 Å². The summed E-state index contributed by atoms with van der Waals surface area (Å²) in [5.74, 6) is 1.01. The van der Waals surface area contributed by atoms with Gasteiger partial charge in [-0.2, -0.15) is 0 Å². The van der Waals surface area contributed by atoms with E-state index in [-0.39, 0.29) is 6.10 Å². The first-order valence-electron chi connectivity index (χ1n) is 9.96. The summed E-state index contributed by atoms with van der Waals surface area (Å²) in [5, 5.41) is 3.43. The summed E-state index contributed by atoms with van der Waals surface area (Å²) < 4.78 is 11.4. The molecular weight excluding hydrogens is 326 g/mol. The lowest BCUT2D eigenvalue weighted by molar-refractivity contribution is 0.0263. The molecule has 26 heavy (non-hydrogen) atoms. The van der Waals surface area contributed by atoms with Gasteiger partial charge in [0, 0.05) is 26.2 Å². The zero-order chi connectivity index (χ0) is 18.8. The molecule has 1 aliphatic rings. The zero-order valence-electron chi connectivity index (χ0n) is 16.8. The Balaban J connectivity index is 1.90. The van der Waals surface area contributed by atoms with Gasteiger partial charge in [0.05, 0.1) is 25.4 Å². The molecule has 0 atom stereocenters. The van der Waals surface area contributed by atoms with Crippen molar-refractivity contribution in [3.63, 3.8) is 0 Å². The summed E-state index contributed by atoms with van der Waals surface area (Å²) in [7, 11) is 0. The van der Waals surface area contributed by atoms with Gasteiger partial charge in [0.25, 0.3) is 0 Å². The Morgan fingerprint density at radius 3 is 2.38 bits per heavy atom. The van der Waals surface area contributed by atoms with E-state index in [0.29, 0.717) is 19.3 Å². The van der Waals surface area contributed by atoms with Crippen molar-refractivity contribution in [1.82, 2.24) is 10.2 Å².